The van der Waals surface area contributed by atoms with Gasteiger partial charge in [0.05, 0.1) is 11.3 Å². The highest BCUT2D eigenvalue weighted by Gasteiger charge is 2.29. The largest absolute Gasteiger partial charge is 0.505 e. The molecule has 1 atom stereocenters. The number of ether oxygens (including phenoxy) is 1. The molecule has 0 aliphatic carbocycles. The van der Waals surface area contributed by atoms with Crippen molar-refractivity contribution in [3.63, 3.8) is 0 Å². The third-order valence-corrected chi connectivity index (χ3v) is 5.75. The quantitative estimate of drug-likeness (QED) is 0.326. The van der Waals surface area contributed by atoms with Gasteiger partial charge in [-0.15, -0.1) is 0 Å². The van der Waals surface area contributed by atoms with E-state index in [9.17, 15) is 24.3 Å². The van der Waals surface area contributed by atoms with Crippen LogP contribution in [0.3, 0.4) is 0 Å². The van der Waals surface area contributed by atoms with E-state index in [-0.39, 0.29) is 35.0 Å². The highest BCUT2D eigenvalue weighted by Crippen LogP contribution is 2.33. The van der Waals surface area contributed by atoms with Gasteiger partial charge in [0, 0.05) is 27.2 Å². The predicted octanol–water partition coefficient (Wildman–Crippen LogP) is 2.33. The third-order valence-electron chi connectivity index (χ3n) is 5.75. The molecule has 0 saturated carbocycles. The van der Waals surface area contributed by atoms with E-state index >= 15 is 0 Å². The van der Waals surface area contributed by atoms with Crippen molar-refractivity contribution in [3.8, 4) is 5.75 Å². The molecule has 2 heterocycles. The summed E-state index contributed by atoms with van der Waals surface area (Å²) in [7, 11) is 3.09. The van der Waals surface area contributed by atoms with Crippen LogP contribution in [0.1, 0.15) is 34.3 Å². The first-order valence-corrected chi connectivity index (χ1v) is 11.1. The Morgan fingerprint density at radius 1 is 1.14 bits per heavy atom. The highest BCUT2D eigenvalue weighted by atomic mass is 16.6. The normalized spacial score (nSPS) is 13.7. The number of phenolic OH excluding ortho intramolecular Hbond substituents is 1. The lowest BCUT2D eigenvalue weighted by Gasteiger charge is -2.30. The number of anilines is 3. The molecule has 2 aromatic carbocycles. The molecule has 0 radical (unpaired) electrons. The molecule has 11 nitrogen and oxygen atoms in total. The summed E-state index contributed by atoms with van der Waals surface area (Å²) in [6.45, 7) is 2.87. The molecular weight excluding hydrogens is 456 g/mol. The van der Waals surface area contributed by atoms with Crippen molar-refractivity contribution in [2.75, 3.05) is 44.4 Å². The Labute approximate surface area is 200 Å². The fourth-order valence-electron chi connectivity index (χ4n) is 3.60. The van der Waals surface area contributed by atoms with Crippen molar-refractivity contribution in [2.24, 2.45) is 0 Å². The Morgan fingerprint density at radius 2 is 1.86 bits per heavy atom. The number of hydrogen-bond donors (Lipinski definition) is 3. The standard InChI is InChI=1S/C24H26N4O7/c1-13-8-9-17(35-13)16(12-34-24(33)28-10-5-11-28)26-19-18(21(30)22(19)31)25-15-7-4-6-14(20(15)29)23(32)27(2)3/h4,6-9,16,25-26,29H,5,10-12H2,1-3H3. The number of benzene rings is 1. The van der Waals surface area contributed by atoms with E-state index in [0.29, 0.717) is 24.6 Å². The van der Waals surface area contributed by atoms with E-state index in [0.717, 1.165) is 6.42 Å². The minimum Gasteiger partial charge on any atom is -0.505 e. The molecule has 3 N–H and O–H groups in total. The van der Waals surface area contributed by atoms with Crippen molar-refractivity contribution < 1.29 is 23.8 Å². The van der Waals surface area contributed by atoms with Gasteiger partial charge in [0.2, 0.25) is 0 Å². The summed E-state index contributed by atoms with van der Waals surface area (Å²) in [4.78, 5) is 52.1. The van der Waals surface area contributed by atoms with Gasteiger partial charge in [-0.1, -0.05) is 6.07 Å². The highest BCUT2D eigenvalue weighted by molar-refractivity contribution is 5.99. The van der Waals surface area contributed by atoms with E-state index in [1.807, 2.05) is 0 Å². The molecule has 11 heteroatoms. The summed E-state index contributed by atoms with van der Waals surface area (Å²) in [5.41, 5.74) is -1.56. The number of aromatic hydroxyl groups is 1. The van der Waals surface area contributed by atoms with Crippen LogP contribution in [-0.4, -0.2) is 60.7 Å². The number of nitrogens with zero attached hydrogens (tertiary/aromatic N) is 2. The van der Waals surface area contributed by atoms with Gasteiger partial charge < -0.3 is 34.7 Å². The number of nitrogens with one attached hydrogen (secondary N) is 2. The van der Waals surface area contributed by atoms with Crippen molar-refractivity contribution in [1.29, 1.82) is 0 Å². The van der Waals surface area contributed by atoms with Crippen molar-refractivity contribution in [1.82, 2.24) is 9.80 Å². The summed E-state index contributed by atoms with van der Waals surface area (Å²) >= 11 is 0. The molecule has 3 aromatic rings. The average Bonchev–Trinajstić information content (AvgIpc) is 3.23. The first-order chi connectivity index (χ1) is 16.7. The van der Waals surface area contributed by atoms with Crippen LogP contribution < -0.4 is 21.5 Å². The first-order valence-electron chi connectivity index (χ1n) is 11.1. The number of carbonyl (C=O) groups excluding carboxylic acids is 2. The van der Waals surface area contributed by atoms with E-state index in [2.05, 4.69) is 10.6 Å². The van der Waals surface area contributed by atoms with Crippen LogP contribution in [0.5, 0.6) is 5.75 Å². The van der Waals surface area contributed by atoms with Crippen LogP contribution in [0, 0.1) is 6.92 Å². The maximum absolute atomic E-state index is 12.4. The number of carbonyl (C=O) groups is 2. The number of likely N-dealkylation sites (tertiary alicyclic amines) is 1. The van der Waals surface area contributed by atoms with E-state index in [4.69, 9.17) is 9.15 Å². The summed E-state index contributed by atoms with van der Waals surface area (Å²) < 4.78 is 11.0. The molecule has 0 spiro atoms. The fraction of sp³-hybridized carbons (Fsp3) is 0.333. The number of aryl methyl sites for hydroxylation is 1. The Morgan fingerprint density at radius 3 is 2.46 bits per heavy atom. The maximum atomic E-state index is 12.4. The number of phenols is 1. The Hall–Kier alpha value is -4.28. The number of amides is 2. The van der Waals surface area contributed by atoms with E-state index in [1.54, 1.807) is 44.1 Å². The monoisotopic (exact) mass is 482 g/mol. The van der Waals surface area contributed by atoms with Crippen LogP contribution in [0.2, 0.25) is 0 Å². The lowest BCUT2D eigenvalue weighted by molar-refractivity contribution is 0.0762. The molecule has 2 amide bonds. The number of hydrogen-bond acceptors (Lipinski definition) is 9. The van der Waals surface area contributed by atoms with Crippen molar-refractivity contribution >= 4 is 29.1 Å². The van der Waals surface area contributed by atoms with Gasteiger partial charge in [-0.3, -0.25) is 14.4 Å². The lowest BCUT2D eigenvalue weighted by Crippen LogP contribution is -2.43. The van der Waals surface area contributed by atoms with E-state index < -0.39 is 28.9 Å². The van der Waals surface area contributed by atoms with Crippen molar-refractivity contribution in [2.45, 2.75) is 19.4 Å². The second kappa shape index (κ2) is 9.53. The Kier molecular flexibility index (Phi) is 6.50. The number of furan rings is 1. The van der Waals surface area contributed by atoms with Crippen molar-refractivity contribution in [3.05, 3.63) is 67.9 Å². The zero-order chi connectivity index (χ0) is 25.3. The first kappa shape index (κ1) is 23.9. The molecule has 0 bridgehead atoms. The molecule has 1 unspecified atom stereocenters. The van der Waals surface area contributed by atoms with Crippen LogP contribution in [-0.2, 0) is 4.74 Å². The van der Waals surface area contributed by atoms with Gasteiger partial charge in [0.15, 0.2) is 5.75 Å². The third kappa shape index (κ3) is 4.70. The van der Waals surface area contributed by atoms with Gasteiger partial charge in [-0.2, -0.15) is 0 Å². The second-order valence-electron chi connectivity index (χ2n) is 8.50. The topological polar surface area (TPSA) is 141 Å². The van der Waals surface area contributed by atoms with Gasteiger partial charge in [-0.25, -0.2) is 4.79 Å². The molecule has 35 heavy (non-hydrogen) atoms. The summed E-state index contributed by atoms with van der Waals surface area (Å²) in [6, 6.07) is 7.14. The molecule has 1 fully saturated rings. The van der Waals surface area contributed by atoms with Crippen LogP contribution >= 0.6 is 0 Å². The fourth-order valence-corrected chi connectivity index (χ4v) is 3.60. The summed E-state index contributed by atoms with van der Waals surface area (Å²) in [5, 5.41) is 16.3. The van der Waals surface area contributed by atoms with Gasteiger partial charge in [-0.05, 0) is 37.6 Å². The maximum Gasteiger partial charge on any atom is 0.409 e. The van der Waals surface area contributed by atoms with Gasteiger partial charge >= 0.3 is 6.09 Å². The minimum atomic E-state index is -0.789. The molecule has 1 saturated heterocycles. The molecule has 1 aliphatic heterocycles. The molecule has 184 valence electrons. The van der Waals surface area contributed by atoms with Gasteiger partial charge in [0.25, 0.3) is 16.8 Å². The smallest absolute Gasteiger partial charge is 0.409 e. The Balaban J connectivity index is 1.57. The SMILES string of the molecule is Cc1ccc(C(COC(=O)N2CCC2)Nc2c(Nc3cccc(C(=O)N(C)C)c3O)c(=O)c2=O)o1. The molecule has 1 aromatic heterocycles. The van der Waals surface area contributed by atoms with Crippen LogP contribution in [0.4, 0.5) is 21.9 Å². The number of para-hydroxylation sites is 1. The average molecular weight is 482 g/mol. The molecule has 1 aliphatic rings. The van der Waals surface area contributed by atoms with Crippen LogP contribution in [0.25, 0.3) is 0 Å². The van der Waals surface area contributed by atoms with Gasteiger partial charge in [0.1, 0.15) is 35.5 Å². The lowest BCUT2D eigenvalue weighted by atomic mass is 10.1. The van der Waals surface area contributed by atoms with Crippen LogP contribution in [0.15, 0.2) is 44.3 Å². The Bertz CT molecular complexity index is 1330. The second-order valence-corrected chi connectivity index (χ2v) is 8.50. The predicted molar refractivity (Wildman–Crippen MR) is 128 cm³/mol. The zero-order valence-corrected chi connectivity index (χ0v) is 19.6. The summed E-state index contributed by atoms with van der Waals surface area (Å²) in [5.74, 6) is 0.259. The molecular formula is C24H26N4O7. The van der Waals surface area contributed by atoms with E-state index in [1.165, 1.54) is 17.0 Å². The summed E-state index contributed by atoms with van der Waals surface area (Å²) in [6.07, 6.45) is 0.447. The number of rotatable bonds is 8. The zero-order valence-electron chi connectivity index (χ0n) is 19.6. The molecule has 4 rings (SSSR count). The minimum absolute atomic E-state index is 0.0371.